The van der Waals surface area contributed by atoms with Gasteiger partial charge in [-0.05, 0) is 54.6 Å². The summed E-state index contributed by atoms with van der Waals surface area (Å²) in [5.41, 5.74) is 3.21. The molecule has 21 heavy (non-hydrogen) atoms. The van der Waals surface area contributed by atoms with Gasteiger partial charge in [0.05, 0.1) is 7.11 Å². The normalized spacial score (nSPS) is 14.2. The largest absolute Gasteiger partial charge is 0.496 e. The number of ether oxygens (including phenoxy) is 1. The van der Waals surface area contributed by atoms with Gasteiger partial charge in [-0.3, -0.25) is 0 Å². The molecule has 1 aliphatic rings. The van der Waals surface area contributed by atoms with Crippen LogP contribution in [-0.2, 0) is 6.54 Å². The molecule has 0 heterocycles. The van der Waals surface area contributed by atoms with Crippen molar-refractivity contribution in [1.82, 2.24) is 5.32 Å². The van der Waals surface area contributed by atoms with E-state index in [4.69, 9.17) is 4.74 Å². The van der Waals surface area contributed by atoms with Crippen molar-refractivity contribution >= 4 is 0 Å². The van der Waals surface area contributed by atoms with Gasteiger partial charge in [0.1, 0.15) is 11.6 Å². The molecule has 0 unspecified atom stereocenters. The molecule has 0 amide bonds. The molecule has 0 atom stereocenters. The number of nitrogens with one attached hydrogen (secondary N) is 1. The van der Waals surface area contributed by atoms with E-state index in [-0.39, 0.29) is 5.82 Å². The van der Waals surface area contributed by atoms with Crippen LogP contribution in [0.15, 0.2) is 42.5 Å². The fourth-order valence-corrected chi connectivity index (χ4v) is 2.49. The summed E-state index contributed by atoms with van der Waals surface area (Å²) in [4.78, 5) is 0. The molecule has 0 radical (unpaired) electrons. The molecule has 1 fully saturated rings. The summed E-state index contributed by atoms with van der Waals surface area (Å²) < 4.78 is 18.6. The lowest BCUT2D eigenvalue weighted by molar-refractivity contribution is 0.413. The van der Waals surface area contributed by atoms with E-state index >= 15 is 0 Å². The van der Waals surface area contributed by atoms with Gasteiger partial charge in [-0.2, -0.15) is 0 Å². The number of hydrogen-bond acceptors (Lipinski definition) is 2. The van der Waals surface area contributed by atoms with E-state index in [1.54, 1.807) is 13.2 Å². The monoisotopic (exact) mass is 285 g/mol. The Morgan fingerprint density at radius 3 is 2.81 bits per heavy atom. The van der Waals surface area contributed by atoms with Gasteiger partial charge in [-0.15, -0.1) is 0 Å². The zero-order valence-electron chi connectivity index (χ0n) is 12.2. The molecule has 110 valence electrons. The van der Waals surface area contributed by atoms with Gasteiger partial charge in [0, 0.05) is 18.2 Å². The second-order valence-corrected chi connectivity index (χ2v) is 5.62. The first-order valence-electron chi connectivity index (χ1n) is 7.40. The van der Waals surface area contributed by atoms with Crippen LogP contribution in [0, 0.1) is 11.7 Å². The quantitative estimate of drug-likeness (QED) is 0.866. The highest BCUT2D eigenvalue weighted by atomic mass is 19.1. The standard InChI is InChI=1S/C18H20FNO/c1-21-18-10-16(19)7-8-17(18)15-4-2-3-14(9-15)12-20-11-13-5-6-13/h2-4,7-10,13,20H,5-6,11-12H2,1H3. The van der Waals surface area contributed by atoms with Crippen molar-refractivity contribution in [2.75, 3.05) is 13.7 Å². The summed E-state index contributed by atoms with van der Waals surface area (Å²) in [6.07, 6.45) is 2.72. The maximum Gasteiger partial charge on any atom is 0.129 e. The minimum Gasteiger partial charge on any atom is -0.496 e. The van der Waals surface area contributed by atoms with Gasteiger partial charge < -0.3 is 10.1 Å². The van der Waals surface area contributed by atoms with Gasteiger partial charge in [-0.1, -0.05) is 18.2 Å². The van der Waals surface area contributed by atoms with Gasteiger partial charge in [0.25, 0.3) is 0 Å². The van der Waals surface area contributed by atoms with Crippen molar-refractivity contribution in [2.45, 2.75) is 19.4 Å². The maximum atomic E-state index is 13.3. The third-order valence-electron chi connectivity index (χ3n) is 3.86. The summed E-state index contributed by atoms with van der Waals surface area (Å²) in [7, 11) is 1.57. The third kappa shape index (κ3) is 3.61. The smallest absolute Gasteiger partial charge is 0.129 e. The zero-order valence-corrected chi connectivity index (χ0v) is 12.2. The lowest BCUT2D eigenvalue weighted by Crippen LogP contribution is -2.15. The Morgan fingerprint density at radius 2 is 2.05 bits per heavy atom. The minimum absolute atomic E-state index is 0.280. The molecule has 2 aromatic rings. The molecular formula is C18H20FNO. The molecular weight excluding hydrogens is 265 g/mol. The maximum absolute atomic E-state index is 13.3. The molecule has 3 heteroatoms. The van der Waals surface area contributed by atoms with Gasteiger partial charge in [-0.25, -0.2) is 4.39 Å². The van der Waals surface area contributed by atoms with Gasteiger partial charge >= 0.3 is 0 Å². The van der Waals surface area contributed by atoms with E-state index in [2.05, 4.69) is 17.4 Å². The van der Waals surface area contributed by atoms with Crippen molar-refractivity contribution < 1.29 is 9.13 Å². The fraction of sp³-hybridized carbons (Fsp3) is 0.333. The second-order valence-electron chi connectivity index (χ2n) is 5.62. The first kappa shape index (κ1) is 14.1. The molecule has 0 aliphatic heterocycles. The Balaban J connectivity index is 1.78. The van der Waals surface area contributed by atoms with Crippen LogP contribution in [0.3, 0.4) is 0 Å². The molecule has 3 rings (SSSR count). The Hall–Kier alpha value is -1.87. The number of methoxy groups -OCH3 is 1. The van der Waals surface area contributed by atoms with Crippen molar-refractivity contribution in [1.29, 1.82) is 0 Å². The number of rotatable bonds is 6. The van der Waals surface area contributed by atoms with Crippen molar-refractivity contribution in [3.05, 3.63) is 53.8 Å². The van der Waals surface area contributed by atoms with E-state index in [1.807, 2.05) is 12.1 Å². The number of benzene rings is 2. The predicted molar refractivity (Wildman–Crippen MR) is 82.8 cm³/mol. The lowest BCUT2D eigenvalue weighted by Gasteiger charge is -2.11. The minimum atomic E-state index is -0.280. The molecule has 2 aromatic carbocycles. The summed E-state index contributed by atoms with van der Waals surface area (Å²) in [6, 6.07) is 13.0. The molecule has 0 saturated heterocycles. The molecule has 0 spiro atoms. The Bertz CT molecular complexity index is 622. The summed E-state index contributed by atoms with van der Waals surface area (Å²) in [6.45, 7) is 1.97. The predicted octanol–water partition coefficient (Wildman–Crippen LogP) is 4.00. The SMILES string of the molecule is COc1cc(F)ccc1-c1cccc(CNCC2CC2)c1. The fourth-order valence-electron chi connectivity index (χ4n) is 2.49. The van der Waals surface area contributed by atoms with Crippen molar-refractivity contribution in [3.8, 4) is 16.9 Å². The van der Waals surface area contributed by atoms with Crippen molar-refractivity contribution in [2.24, 2.45) is 5.92 Å². The highest BCUT2D eigenvalue weighted by molar-refractivity contribution is 5.71. The molecule has 2 nitrogen and oxygen atoms in total. The Kier molecular flexibility index (Phi) is 4.20. The average Bonchev–Trinajstić information content (AvgIpc) is 3.31. The number of hydrogen-bond donors (Lipinski definition) is 1. The van der Waals surface area contributed by atoms with Crippen LogP contribution < -0.4 is 10.1 Å². The summed E-state index contributed by atoms with van der Waals surface area (Å²) in [5, 5.41) is 3.49. The van der Waals surface area contributed by atoms with E-state index in [0.717, 1.165) is 30.1 Å². The van der Waals surface area contributed by atoms with Crippen LogP contribution in [0.2, 0.25) is 0 Å². The lowest BCUT2D eigenvalue weighted by atomic mass is 10.0. The van der Waals surface area contributed by atoms with Gasteiger partial charge in [0.15, 0.2) is 0 Å². The molecule has 0 aromatic heterocycles. The number of halogens is 1. The van der Waals surface area contributed by atoms with Crippen LogP contribution in [-0.4, -0.2) is 13.7 Å². The average molecular weight is 285 g/mol. The first-order chi connectivity index (χ1) is 10.3. The summed E-state index contributed by atoms with van der Waals surface area (Å²) in [5.74, 6) is 1.17. The molecule has 1 aliphatic carbocycles. The molecule has 1 saturated carbocycles. The first-order valence-corrected chi connectivity index (χ1v) is 7.40. The Morgan fingerprint density at radius 1 is 1.19 bits per heavy atom. The highest BCUT2D eigenvalue weighted by Gasteiger charge is 2.20. The van der Waals surface area contributed by atoms with Gasteiger partial charge in [0.2, 0.25) is 0 Å². The van der Waals surface area contributed by atoms with Crippen LogP contribution in [0.25, 0.3) is 11.1 Å². The van der Waals surface area contributed by atoms with Crippen LogP contribution in [0.5, 0.6) is 5.75 Å². The second kappa shape index (κ2) is 6.27. The highest BCUT2D eigenvalue weighted by Crippen LogP contribution is 2.31. The Labute approximate surface area is 125 Å². The van der Waals surface area contributed by atoms with Crippen molar-refractivity contribution in [3.63, 3.8) is 0 Å². The summed E-state index contributed by atoms with van der Waals surface area (Å²) >= 11 is 0. The van der Waals surface area contributed by atoms with Crippen LogP contribution in [0.1, 0.15) is 18.4 Å². The van der Waals surface area contributed by atoms with Crippen LogP contribution >= 0.6 is 0 Å². The molecule has 0 bridgehead atoms. The van der Waals surface area contributed by atoms with E-state index < -0.39 is 0 Å². The van der Waals surface area contributed by atoms with E-state index in [9.17, 15) is 4.39 Å². The zero-order chi connectivity index (χ0) is 14.7. The van der Waals surface area contributed by atoms with E-state index in [0.29, 0.717) is 5.75 Å². The van der Waals surface area contributed by atoms with Crippen LogP contribution in [0.4, 0.5) is 4.39 Å². The topological polar surface area (TPSA) is 21.3 Å². The van der Waals surface area contributed by atoms with E-state index in [1.165, 1.54) is 30.5 Å². The molecule has 1 N–H and O–H groups in total. The third-order valence-corrected chi connectivity index (χ3v) is 3.86.